The lowest BCUT2D eigenvalue weighted by Gasteiger charge is -2.11. The maximum atomic E-state index is 12.1. The highest BCUT2D eigenvalue weighted by Crippen LogP contribution is 2.21. The fraction of sp³-hybridized carbons (Fsp3) is 0.312. The molecule has 6 nitrogen and oxygen atoms in total. The van der Waals surface area contributed by atoms with E-state index in [4.69, 9.17) is 14.9 Å². The number of esters is 2. The van der Waals surface area contributed by atoms with Gasteiger partial charge >= 0.3 is 11.9 Å². The second-order valence-electron chi connectivity index (χ2n) is 4.62. The normalized spacial score (nSPS) is 10.4. The lowest BCUT2D eigenvalue weighted by Crippen LogP contribution is -2.17. The number of thiazole rings is 1. The molecule has 1 aromatic heterocycles. The van der Waals surface area contributed by atoms with Crippen LogP contribution in [0, 0.1) is 12.3 Å². The van der Waals surface area contributed by atoms with Crippen LogP contribution >= 0.6 is 11.3 Å². The van der Waals surface area contributed by atoms with Crippen molar-refractivity contribution in [3.63, 3.8) is 0 Å². The van der Waals surface area contributed by atoms with Crippen LogP contribution in [0.15, 0.2) is 24.3 Å². The Morgan fingerprint density at radius 1 is 1.13 bits per heavy atom. The Balaban J connectivity index is 2.58. The molecule has 1 N–H and O–H groups in total. The summed E-state index contributed by atoms with van der Waals surface area (Å²) in [6, 6.07) is 6.86. The fourth-order valence-electron chi connectivity index (χ4n) is 2.20. The average Bonchev–Trinajstić information content (AvgIpc) is 2.82. The van der Waals surface area contributed by atoms with Crippen molar-refractivity contribution in [2.24, 2.45) is 0 Å². The molecule has 0 spiro atoms. The molecule has 0 aliphatic rings. The number of hydrogen-bond acceptors (Lipinski definition) is 6. The van der Waals surface area contributed by atoms with Gasteiger partial charge in [-0.3, -0.25) is 9.98 Å². The predicted octanol–water partition coefficient (Wildman–Crippen LogP) is 2.68. The monoisotopic (exact) mass is 334 g/mol. The van der Waals surface area contributed by atoms with Crippen LogP contribution < -0.4 is 4.80 Å². The molecule has 0 saturated heterocycles. The van der Waals surface area contributed by atoms with Gasteiger partial charge in [0.2, 0.25) is 0 Å². The molecule has 0 amide bonds. The van der Waals surface area contributed by atoms with Crippen molar-refractivity contribution >= 4 is 23.3 Å². The molecule has 0 aliphatic carbocycles. The van der Waals surface area contributed by atoms with E-state index in [2.05, 4.69) is 0 Å². The highest BCUT2D eigenvalue weighted by atomic mass is 32.1. The number of aromatic nitrogens is 1. The van der Waals surface area contributed by atoms with Gasteiger partial charge in [-0.25, -0.2) is 9.59 Å². The molecular weight excluding hydrogens is 316 g/mol. The van der Waals surface area contributed by atoms with E-state index >= 15 is 0 Å². The van der Waals surface area contributed by atoms with E-state index in [9.17, 15) is 9.59 Å². The Labute approximate surface area is 137 Å². The number of carbonyl (C=O) groups excluding carboxylic acids is 2. The van der Waals surface area contributed by atoms with E-state index < -0.39 is 11.9 Å². The molecule has 0 saturated carbocycles. The third-order valence-corrected chi connectivity index (χ3v) is 4.21. The van der Waals surface area contributed by atoms with Gasteiger partial charge in [0.1, 0.15) is 4.88 Å². The zero-order valence-electron chi connectivity index (χ0n) is 13.2. The first-order valence-electron chi connectivity index (χ1n) is 7.21. The SMILES string of the molecule is CCOC(=O)c1ccccc1-n1c(C)c(C(=O)OCC)sc1=N. The van der Waals surface area contributed by atoms with Gasteiger partial charge in [0.05, 0.1) is 24.5 Å². The van der Waals surface area contributed by atoms with E-state index in [1.165, 1.54) is 0 Å². The minimum Gasteiger partial charge on any atom is -0.462 e. The summed E-state index contributed by atoms with van der Waals surface area (Å²) in [6.07, 6.45) is 0. The lowest BCUT2D eigenvalue weighted by atomic mass is 10.1. The molecule has 0 fully saturated rings. The Morgan fingerprint density at radius 3 is 2.39 bits per heavy atom. The van der Waals surface area contributed by atoms with E-state index in [0.717, 1.165) is 11.3 Å². The van der Waals surface area contributed by atoms with Crippen molar-refractivity contribution in [1.82, 2.24) is 4.57 Å². The van der Waals surface area contributed by atoms with Crippen LogP contribution in [0.3, 0.4) is 0 Å². The van der Waals surface area contributed by atoms with Gasteiger partial charge in [0.25, 0.3) is 0 Å². The zero-order valence-corrected chi connectivity index (χ0v) is 14.0. The molecule has 122 valence electrons. The van der Waals surface area contributed by atoms with Gasteiger partial charge in [-0.05, 0) is 32.9 Å². The molecule has 0 aliphatic heterocycles. The van der Waals surface area contributed by atoms with Crippen molar-refractivity contribution in [1.29, 1.82) is 5.41 Å². The summed E-state index contributed by atoms with van der Waals surface area (Å²) >= 11 is 1.02. The van der Waals surface area contributed by atoms with Gasteiger partial charge in [-0.15, -0.1) is 0 Å². The standard InChI is InChI=1S/C16H18N2O4S/c1-4-21-14(19)11-8-6-7-9-12(11)18-10(3)13(23-16(18)17)15(20)22-5-2/h6-9,17H,4-5H2,1-3H3. The molecule has 0 atom stereocenters. The van der Waals surface area contributed by atoms with Crippen molar-refractivity contribution in [2.75, 3.05) is 13.2 Å². The number of carbonyl (C=O) groups is 2. The predicted molar refractivity (Wildman–Crippen MR) is 86.2 cm³/mol. The topological polar surface area (TPSA) is 81.4 Å². The van der Waals surface area contributed by atoms with Crippen molar-refractivity contribution < 1.29 is 19.1 Å². The smallest absolute Gasteiger partial charge is 0.350 e. The average molecular weight is 334 g/mol. The number of benzene rings is 1. The molecule has 2 aromatic rings. The van der Waals surface area contributed by atoms with E-state index in [1.54, 1.807) is 49.6 Å². The van der Waals surface area contributed by atoms with Gasteiger partial charge in [0, 0.05) is 5.69 Å². The molecule has 2 rings (SSSR count). The van der Waals surface area contributed by atoms with Crippen LogP contribution in [-0.2, 0) is 9.47 Å². The van der Waals surface area contributed by atoms with Crippen molar-refractivity contribution in [2.45, 2.75) is 20.8 Å². The minimum atomic E-state index is -0.462. The van der Waals surface area contributed by atoms with Gasteiger partial charge in [-0.2, -0.15) is 0 Å². The molecule has 7 heteroatoms. The Bertz CT molecular complexity index is 792. The number of hydrogen-bond donors (Lipinski definition) is 1. The third-order valence-electron chi connectivity index (χ3n) is 3.17. The number of para-hydroxylation sites is 1. The molecule has 0 bridgehead atoms. The van der Waals surface area contributed by atoms with Gasteiger partial charge in [-0.1, -0.05) is 23.5 Å². The second-order valence-corrected chi connectivity index (χ2v) is 5.61. The summed E-state index contributed by atoms with van der Waals surface area (Å²) in [4.78, 5) is 24.6. The molecule has 0 unspecified atom stereocenters. The number of rotatable bonds is 5. The van der Waals surface area contributed by atoms with Gasteiger partial charge in [0.15, 0.2) is 4.80 Å². The summed E-state index contributed by atoms with van der Waals surface area (Å²) in [6.45, 7) is 5.72. The van der Waals surface area contributed by atoms with Crippen LogP contribution in [0.4, 0.5) is 0 Å². The number of ether oxygens (including phenoxy) is 2. The minimum absolute atomic E-state index is 0.141. The Morgan fingerprint density at radius 2 is 1.74 bits per heavy atom. The maximum Gasteiger partial charge on any atom is 0.350 e. The highest BCUT2D eigenvalue weighted by Gasteiger charge is 2.21. The van der Waals surface area contributed by atoms with Crippen LogP contribution in [-0.4, -0.2) is 29.7 Å². The van der Waals surface area contributed by atoms with Crippen LogP contribution in [0.25, 0.3) is 5.69 Å². The zero-order chi connectivity index (χ0) is 17.0. The van der Waals surface area contributed by atoms with Crippen LogP contribution in [0.5, 0.6) is 0 Å². The van der Waals surface area contributed by atoms with Crippen molar-refractivity contribution in [3.8, 4) is 5.69 Å². The summed E-state index contributed by atoms with van der Waals surface area (Å²) in [5.74, 6) is -0.922. The number of nitrogens with one attached hydrogen (secondary N) is 1. The summed E-state index contributed by atoms with van der Waals surface area (Å²) in [5, 5.41) is 8.16. The van der Waals surface area contributed by atoms with E-state index in [1.807, 2.05) is 0 Å². The maximum absolute atomic E-state index is 12.1. The van der Waals surface area contributed by atoms with E-state index in [-0.39, 0.29) is 18.0 Å². The molecule has 1 aromatic carbocycles. The number of nitrogens with zero attached hydrogens (tertiary/aromatic N) is 1. The molecular formula is C16H18N2O4S. The largest absolute Gasteiger partial charge is 0.462 e. The van der Waals surface area contributed by atoms with Gasteiger partial charge < -0.3 is 9.47 Å². The first-order valence-corrected chi connectivity index (χ1v) is 8.03. The first kappa shape index (κ1) is 17.0. The highest BCUT2D eigenvalue weighted by molar-refractivity contribution is 7.11. The molecule has 0 radical (unpaired) electrons. The molecule has 1 heterocycles. The lowest BCUT2D eigenvalue weighted by molar-refractivity contribution is 0.0520. The fourth-order valence-corrected chi connectivity index (χ4v) is 3.10. The second kappa shape index (κ2) is 7.23. The third kappa shape index (κ3) is 3.34. The first-order chi connectivity index (χ1) is 11.0. The Hall–Kier alpha value is -2.41. The summed E-state index contributed by atoms with van der Waals surface area (Å²) in [7, 11) is 0. The summed E-state index contributed by atoms with van der Waals surface area (Å²) < 4.78 is 11.6. The van der Waals surface area contributed by atoms with Crippen LogP contribution in [0.2, 0.25) is 0 Å². The summed E-state index contributed by atoms with van der Waals surface area (Å²) in [5.41, 5.74) is 1.43. The molecule has 23 heavy (non-hydrogen) atoms. The Kier molecular flexibility index (Phi) is 5.33. The van der Waals surface area contributed by atoms with Crippen molar-refractivity contribution in [3.05, 3.63) is 45.2 Å². The van der Waals surface area contributed by atoms with E-state index in [0.29, 0.717) is 21.8 Å². The van der Waals surface area contributed by atoms with Crippen LogP contribution in [0.1, 0.15) is 39.6 Å². The quantitative estimate of drug-likeness (QED) is 0.852.